The Morgan fingerprint density at radius 3 is 2.75 bits per heavy atom. The van der Waals surface area contributed by atoms with Crippen LogP contribution in [0, 0.1) is 0 Å². The van der Waals surface area contributed by atoms with E-state index in [1.807, 2.05) is 12.3 Å². The third kappa shape index (κ3) is 1.50. The molecule has 1 fully saturated rings. The molecule has 0 bridgehead atoms. The van der Waals surface area contributed by atoms with Crippen molar-refractivity contribution in [3.8, 4) is 0 Å². The Morgan fingerprint density at radius 1 is 1.12 bits per heavy atom. The number of hydrogen-bond donors (Lipinski definition) is 1. The Bertz CT molecular complexity index is 513. The van der Waals surface area contributed by atoms with Crippen molar-refractivity contribution in [2.45, 2.75) is 31.2 Å². The van der Waals surface area contributed by atoms with Crippen LogP contribution in [0.3, 0.4) is 0 Å². The lowest BCUT2D eigenvalue weighted by molar-refractivity contribution is 0.462. The SMILES string of the molecule is NC1(c2ccc3cccnc3c2)CCCC1. The summed E-state index contributed by atoms with van der Waals surface area (Å²) in [7, 11) is 0. The number of fused-ring (bicyclic) bond motifs is 1. The summed E-state index contributed by atoms with van der Waals surface area (Å²) >= 11 is 0. The first-order chi connectivity index (χ1) is 7.78. The zero-order valence-corrected chi connectivity index (χ0v) is 9.32. The normalized spacial score (nSPS) is 19.1. The summed E-state index contributed by atoms with van der Waals surface area (Å²) in [4.78, 5) is 4.39. The molecule has 2 N–H and O–H groups in total. The van der Waals surface area contributed by atoms with Crippen LogP contribution in [0.5, 0.6) is 0 Å². The molecular formula is C14H16N2. The van der Waals surface area contributed by atoms with Gasteiger partial charge in [-0.25, -0.2) is 0 Å². The Morgan fingerprint density at radius 2 is 1.94 bits per heavy atom. The van der Waals surface area contributed by atoms with Crippen LogP contribution in [0.1, 0.15) is 31.2 Å². The van der Waals surface area contributed by atoms with E-state index in [-0.39, 0.29) is 5.54 Å². The van der Waals surface area contributed by atoms with Gasteiger partial charge in [-0.1, -0.05) is 31.0 Å². The number of rotatable bonds is 1. The minimum absolute atomic E-state index is 0.105. The van der Waals surface area contributed by atoms with Gasteiger partial charge in [0.25, 0.3) is 0 Å². The minimum Gasteiger partial charge on any atom is -0.321 e. The van der Waals surface area contributed by atoms with Crippen molar-refractivity contribution in [2.24, 2.45) is 5.73 Å². The minimum atomic E-state index is -0.105. The number of benzene rings is 1. The lowest BCUT2D eigenvalue weighted by atomic mass is 9.89. The van der Waals surface area contributed by atoms with Crippen molar-refractivity contribution >= 4 is 10.9 Å². The fraction of sp³-hybridized carbons (Fsp3) is 0.357. The largest absolute Gasteiger partial charge is 0.321 e. The Labute approximate surface area is 95.5 Å². The van der Waals surface area contributed by atoms with Crippen molar-refractivity contribution in [1.29, 1.82) is 0 Å². The maximum Gasteiger partial charge on any atom is 0.0705 e. The van der Waals surface area contributed by atoms with Gasteiger partial charge < -0.3 is 5.73 Å². The maximum atomic E-state index is 6.44. The van der Waals surface area contributed by atoms with E-state index in [4.69, 9.17) is 5.73 Å². The van der Waals surface area contributed by atoms with E-state index in [2.05, 4.69) is 29.2 Å². The molecule has 1 aromatic heterocycles. The Kier molecular flexibility index (Phi) is 2.18. The first-order valence-corrected chi connectivity index (χ1v) is 5.92. The third-order valence-corrected chi connectivity index (χ3v) is 3.68. The zero-order valence-electron chi connectivity index (χ0n) is 9.32. The summed E-state index contributed by atoms with van der Waals surface area (Å²) in [6.45, 7) is 0. The Balaban J connectivity index is 2.11. The molecule has 1 saturated carbocycles. The molecule has 2 aromatic rings. The van der Waals surface area contributed by atoms with Gasteiger partial charge in [0.2, 0.25) is 0 Å². The molecule has 1 aliphatic carbocycles. The fourth-order valence-electron chi connectivity index (χ4n) is 2.67. The molecule has 0 saturated heterocycles. The molecular weight excluding hydrogens is 196 g/mol. The van der Waals surface area contributed by atoms with Gasteiger partial charge in [-0.3, -0.25) is 4.98 Å². The number of aromatic nitrogens is 1. The number of nitrogens with zero attached hydrogens (tertiary/aromatic N) is 1. The highest BCUT2D eigenvalue weighted by molar-refractivity contribution is 5.79. The molecule has 82 valence electrons. The first kappa shape index (κ1) is 9.79. The van der Waals surface area contributed by atoms with Gasteiger partial charge in [-0.2, -0.15) is 0 Å². The molecule has 0 unspecified atom stereocenters. The van der Waals surface area contributed by atoms with Gasteiger partial charge >= 0.3 is 0 Å². The van der Waals surface area contributed by atoms with E-state index in [1.54, 1.807) is 0 Å². The van der Waals surface area contributed by atoms with Crippen LogP contribution in [-0.2, 0) is 5.54 Å². The molecule has 3 rings (SSSR count). The van der Waals surface area contributed by atoms with E-state index in [9.17, 15) is 0 Å². The summed E-state index contributed by atoms with van der Waals surface area (Å²) in [5.41, 5.74) is 8.64. The second-order valence-corrected chi connectivity index (χ2v) is 4.77. The predicted molar refractivity (Wildman–Crippen MR) is 66.1 cm³/mol. The van der Waals surface area contributed by atoms with Crippen LogP contribution in [0.25, 0.3) is 10.9 Å². The molecule has 0 spiro atoms. The molecule has 1 heterocycles. The van der Waals surface area contributed by atoms with Crippen LogP contribution < -0.4 is 5.73 Å². The molecule has 2 heteroatoms. The van der Waals surface area contributed by atoms with Crippen molar-refractivity contribution in [2.75, 3.05) is 0 Å². The van der Waals surface area contributed by atoms with Crippen LogP contribution in [0.2, 0.25) is 0 Å². The molecule has 0 radical (unpaired) electrons. The van der Waals surface area contributed by atoms with E-state index in [1.165, 1.54) is 23.8 Å². The topological polar surface area (TPSA) is 38.9 Å². The van der Waals surface area contributed by atoms with Gasteiger partial charge in [0, 0.05) is 17.1 Å². The van der Waals surface area contributed by atoms with Crippen molar-refractivity contribution in [1.82, 2.24) is 4.98 Å². The zero-order chi connectivity index (χ0) is 11.0. The smallest absolute Gasteiger partial charge is 0.0705 e. The summed E-state index contributed by atoms with van der Waals surface area (Å²) in [5.74, 6) is 0. The van der Waals surface area contributed by atoms with E-state index >= 15 is 0 Å². The van der Waals surface area contributed by atoms with Crippen LogP contribution in [-0.4, -0.2) is 4.98 Å². The van der Waals surface area contributed by atoms with E-state index in [0.29, 0.717) is 0 Å². The number of pyridine rings is 1. The van der Waals surface area contributed by atoms with Crippen molar-refractivity contribution < 1.29 is 0 Å². The third-order valence-electron chi connectivity index (χ3n) is 3.68. The average molecular weight is 212 g/mol. The molecule has 1 aliphatic rings. The second kappa shape index (κ2) is 3.56. The highest BCUT2D eigenvalue weighted by Crippen LogP contribution is 2.36. The highest BCUT2D eigenvalue weighted by atomic mass is 14.8. The monoisotopic (exact) mass is 212 g/mol. The maximum absolute atomic E-state index is 6.44. The Hall–Kier alpha value is -1.41. The summed E-state index contributed by atoms with van der Waals surface area (Å²) in [6, 6.07) is 10.5. The standard InChI is InChI=1S/C14H16N2/c15-14(7-1-2-8-14)12-6-5-11-4-3-9-16-13(11)10-12/h3-6,9-10H,1-2,7-8,15H2. The molecule has 0 amide bonds. The summed E-state index contributed by atoms with van der Waals surface area (Å²) in [5, 5.41) is 1.19. The molecule has 1 aromatic carbocycles. The van der Waals surface area contributed by atoms with E-state index in [0.717, 1.165) is 18.4 Å². The first-order valence-electron chi connectivity index (χ1n) is 5.92. The number of nitrogens with two attached hydrogens (primary N) is 1. The van der Waals surface area contributed by atoms with Gasteiger partial charge in [-0.05, 0) is 30.5 Å². The van der Waals surface area contributed by atoms with Crippen molar-refractivity contribution in [3.63, 3.8) is 0 Å². The predicted octanol–water partition coefficient (Wildman–Crippen LogP) is 2.96. The molecule has 2 nitrogen and oxygen atoms in total. The number of hydrogen-bond acceptors (Lipinski definition) is 2. The quantitative estimate of drug-likeness (QED) is 0.789. The second-order valence-electron chi connectivity index (χ2n) is 4.77. The lowest BCUT2D eigenvalue weighted by Gasteiger charge is -2.24. The van der Waals surface area contributed by atoms with Crippen LogP contribution in [0.15, 0.2) is 36.5 Å². The summed E-state index contributed by atoms with van der Waals surface area (Å²) < 4.78 is 0. The molecule has 16 heavy (non-hydrogen) atoms. The van der Waals surface area contributed by atoms with Gasteiger partial charge in [0.1, 0.15) is 0 Å². The lowest BCUT2D eigenvalue weighted by Crippen LogP contribution is -2.32. The van der Waals surface area contributed by atoms with Crippen LogP contribution in [0.4, 0.5) is 0 Å². The van der Waals surface area contributed by atoms with Gasteiger partial charge in [0.15, 0.2) is 0 Å². The highest BCUT2D eigenvalue weighted by Gasteiger charge is 2.31. The van der Waals surface area contributed by atoms with E-state index < -0.39 is 0 Å². The van der Waals surface area contributed by atoms with Crippen LogP contribution >= 0.6 is 0 Å². The average Bonchev–Trinajstić information content (AvgIpc) is 2.77. The fourth-order valence-corrected chi connectivity index (χ4v) is 2.67. The van der Waals surface area contributed by atoms with Crippen molar-refractivity contribution in [3.05, 3.63) is 42.1 Å². The van der Waals surface area contributed by atoms with Gasteiger partial charge in [0.05, 0.1) is 5.52 Å². The molecule has 0 atom stereocenters. The van der Waals surface area contributed by atoms with Gasteiger partial charge in [-0.15, -0.1) is 0 Å². The summed E-state index contributed by atoms with van der Waals surface area (Å²) in [6.07, 6.45) is 6.54. The molecule has 0 aliphatic heterocycles.